The Morgan fingerprint density at radius 1 is 1.41 bits per heavy atom. The van der Waals surface area contributed by atoms with E-state index in [1.165, 1.54) is 7.11 Å². The van der Waals surface area contributed by atoms with Crippen LogP contribution in [0.15, 0.2) is 30.3 Å². The molecule has 2 aromatic rings. The predicted molar refractivity (Wildman–Crippen MR) is 64.4 cm³/mol. The fourth-order valence-electron chi connectivity index (χ4n) is 1.55. The first-order valence-corrected chi connectivity index (χ1v) is 5.10. The van der Waals surface area contributed by atoms with Crippen LogP contribution in [0.2, 0.25) is 0 Å². The zero-order valence-electron chi connectivity index (χ0n) is 9.68. The van der Waals surface area contributed by atoms with E-state index in [4.69, 9.17) is 5.73 Å². The molecule has 1 heterocycles. The van der Waals surface area contributed by atoms with Crippen LogP contribution in [0.4, 0.5) is 5.82 Å². The van der Waals surface area contributed by atoms with Gasteiger partial charge in [0.05, 0.1) is 18.4 Å². The van der Waals surface area contributed by atoms with Crippen molar-refractivity contribution in [1.82, 2.24) is 9.78 Å². The van der Waals surface area contributed by atoms with Crippen LogP contribution < -0.4 is 5.73 Å². The molecule has 5 nitrogen and oxygen atoms in total. The number of ether oxygens (including phenoxy) is 1. The van der Waals surface area contributed by atoms with E-state index in [0.717, 1.165) is 11.3 Å². The number of benzene rings is 1. The summed E-state index contributed by atoms with van der Waals surface area (Å²) in [5, 5.41) is 4.25. The molecule has 0 saturated heterocycles. The lowest BCUT2D eigenvalue weighted by Gasteiger charge is -2.01. The molecule has 0 amide bonds. The Morgan fingerprint density at radius 3 is 2.76 bits per heavy atom. The number of rotatable bonds is 2. The van der Waals surface area contributed by atoms with Gasteiger partial charge in [0.2, 0.25) is 0 Å². The van der Waals surface area contributed by atoms with E-state index in [9.17, 15) is 4.79 Å². The third kappa shape index (κ3) is 2.13. The molecule has 2 N–H and O–H groups in total. The Morgan fingerprint density at radius 2 is 2.18 bits per heavy atom. The van der Waals surface area contributed by atoms with Crippen LogP contribution in [0.5, 0.6) is 0 Å². The molecule has 0 aliphatic rings. The number of nitrogen functional groups attached to an aromatic ring is 1. The number of nitrogens with zero attached hydrogens (tertiary/aromatic N) is 2. The Balaban J connectivity index is 2.42. The maximum Gasteiger partial charge on any atom is 0.337 e. The standard InChI is InChI=1S/C12H13N3O2/c1-15-11(13)7-10(14-15)8-4-3-5-9(6-8)12(16)17-2/h3-7H,13H2,1-2H3. The first kappa shape index (κ1) is 11.2. The van der Waals surface area contributed by atoms with Crippen LogP contribution in [0, 0.1) is 0 Å². The predicted octanol–water partition coefficient (Wildman–Crippen LogP) is 1.46. The van der Waals surface area contributed by atoms with Crippen molar-refractivity contribution in [1.29, 1.82) is 0 Å². The third-order valence-corrected chi connectivity index (χ3v) is 2.50. The molecule has 0 saturated carbocycles. The van der Waals surface area contributed by atoms with E-state index in [2.05, 4.69) is 9.84 Å². The highest BCUT2D eigenvalue weighted by Crippen LogP contribution is 2.21. The number of esters is 1. The minimum absolute atomic E-state index is 0.365. The molecule has 17 heavy (non-hydrogen) atoms. The fraction of sp³-hybridized carbons (Fsp3) is 0.167. The monoisotopic (exact) mass is 231 g/mol. The highest BCUT2D eigenvalue weighted by molar-refractivity contribution is 5.90. The minimum atomic E-state index is -0.365. The van der Waals surface area contributed by atoms with Crippen molar-refractivity contribution < 1.29 is 9.53 Å². The summed E-state index contributed by atoms with van der Waals surface area (Å²) in [5.74, 6) is 0.208. The van der Waals surface area contributed by atoms with Crippen molar-refractivity contribution >= 4 is 11.8 Å². The first-order valence-electron chi connectivity index (χ1n) is 5.10. The van der Waals surface area contributed by atoms with Crippen LogP contribution in [0.3, 0.4) is 0 Å². The van der Waals surface area contributed by atoms with Gasteiger partial charge in [-0.2, -0.15) is 5.10 Å². The number of nitrogens with two attached hydrogens (primary N) is 1. The van der Waals surface area contributed by atoms with Gasteiger partial charge in [0.1, 0.15) is 5.82 Å². The number of aromatic nitrogens is 2. The summed E-state index contributed by atoms with van der Waals surface area (Å²) in [5.41, 5.74) is 7.77. The van der Waals surface area contributed by atoms with Gasteiger partial charge in [0.15, 0.2) is 0 Å². The van der Waals surface area contributed by atoms with E-state index >= 15 is 0 Å². The summed E-state index contributed by atoms with van der Waals surface area (Å²) in [6, 6.07) is 8.84. The Kier molecular flexibility index (Phi) is 2.82. The molecule has 0 atom stereocenters. The average Bonchev–Trinajstić information content (AvgIpc) is 2.69. The van der Waals surface area contributed by atoms with Gasteiger partial charge in [0.25, 0.3) is 0 Å². The zero-order valence-corrected chi connectivity index (χ0v) is 9.68. The number of carbonyl (C=O) groups excluding carboxylic acids is 1. The van der Waals surface area contributed by atoms with Crippen LogP contribution in [0.25, 0.3) is 11.3 Å². The van der Waals surface area contributed by atoms with E-state index in [-0.39, 0.29) is 5.97 Å². The number of hydrogen-bond donors (Lipinski definition) is 1. The second-order valence-electron chi connectivity index (χ2n) is 3.65. The van der Waals surface area contributed by atoms with Crippen LogP contribution in [-0.4, -0.2) is 22.9 Å². The Bertz CT molecular complexity index is 541. The summed E-state index contributed by atoms with van der Waals surface area (Å²) >= 11 is 0. The lowest BCUT2D eigenvalue weighted by molar-refractivity contribution is 0.0601. The van der Waals surface area contributed by atoms with Gasteiger partial charge in [-0.15, -0.1) is 0 Å². The van der Waals surface area contributed by atoms with Crippen molar-refractivity contribution in [2.45, 2.75) is 0 Å². The largest absolute Gasteiger partial charge is 0.465 e. The topological polar surface area (TPSA) is 70.1 Å². The molecular weight excluding hydrogens is 218 g/mol. The molecule has 0 aliphatic carbocycles. The lowest BCUT2D eigenvalue weighted by Crippen LogP contribution is -2.00. The average molecular weight is 231 g/mol. The van der Waals surface area contributed by atoms with E-state index in [0.29, 0.717) is 11.4 Å². The first-order chi connectivity index (χ1) is 8.11. The second kappa shape index (κ2) is 4.29. The molecule has 1 aromatic heterocycles. The van der Waals surface area contributed by atoms with Gasteiger partial charge in [-0.3, -0.25) is 4.68 Å². The number of methoxy groups -OCH3 is 1. The summed E-state index contributed by atoms with van der Waals surface area (Å²) in [6.07, 6.45) is 0. The number of aryl methyl sites for hydroxylation is 1. The summed E-state index contributed by atoms with van der Waals surface area (Å²) in [4.78, 5) is 11.4. The van der Waals surface area contributed by atoms with Crippen molar-refractivity contribution in [2.24, 2.45) is 7.05 Å². The maximum absolute atomic E-state index is 11.4. The van der Waals surface area contributed by atoms with Crippen molar-refractivity contribution in [3.63, 3.8) is 0 Å². The van der Waals surface area contributed by atoms with Gasteiger partial charge in [-0.1, -0.05) is 12.1 Å². The summed E-state index contributed by atoms with van der Waals surface area (Å²) in [7, 11) is 3.12. The second-order valence-corrected chi connectivity index (χ2v) is 3.65. The Hall–Kier alpha value is -2.30. The maximum atomic E-state index is 11.4. The highest BCUT2D eigenvalue weighted by Gasteiger charge is 2.09. The zero-order chi connectivity index (χ0) is 12.4. The van der Waals surface area contributed by atoms with Crippen LogP contribution >= 0.6 is 0 Å². The van der Waals surface area contributed by atoms with Gasteiger partial charge in [-0.25, -0.2) is 4.79 Å². The Labute approximate surface area is 98.8 Å². The number of anilines is 1. The third-order valence-electron chi connectivity index (χ3n) is 2.50. The van der Waals surface area contributed by atoms with E-state index in [1.807, 2.05) is 6.07 Å². The quantitative estimate of drug-likeness (QED) is 0.794. The van der Waals surface area contributed by atoms with Crippen molar-refractivity contribution in [3.05, 3.63) is 35.9 Å². The van der Waals surface area contributed by atoms with E-state index in [1.54, 1.807) is 36.0 Å². The molecule has 2 rings (SSSR count). The fourth-order valence-corrected chi connectivity index (χ4v) is 1.55. The van der Waals surface area contributed by atoms with Gasteiger partial charge in [-0.05, 0) is 12.1 Å². The van der Waals surface area contributed by atoms with Crippen LogP contribution in [-0.2, 0) is 11.8 Å². The lowest BCUT2D eigenvalue weighted by atomic mass is 10.1. The van der Waals surface area contributed by atoms with Crippen molar-refractivity contribution in [3.8, 4) is 11.3 Å². The SMILES string of the molecule is COC(=O)c1cccc(-c2cc(N)n(C)n2)c1. The van der Waals surface area contributed by atoms with Crippen LogP contribution in [0.1, 0.15) is 10.4 Å². The highest BCUT2D eigenvalue weighted by atomic mass is 16.5. The molecule has 5 heteroatoms. The van der Waals surface area contributed by atoms with Gasteiger partial charge < -0.3 is 10.5 Å². The number of carbonyl (C=O) groups is 1. The molecule has 0 unspecified atom stereocenters. The molecule has 1 aromatic carbocycles. The van der Waals surface area contributed by atoms with Crippen molar-refractivity contribution in [2.75, 3.05) is 12.8 Å². The van der Waals surface area contributed by atoms with Gasteiger partial charge >= 0.3 is 5.97 Å². The molecule has 0 radical (unpaired) electrons. The summed E-state index contributed by atoms with van der Waals surface area (Å²) < 4.78 is 6.25. The normalized spacial score (nSPS) is 10.2. The molecule has 0 spiro atoms. The molecule has 0 bridgehead atoms. The minimum Gasteiger partial charge on any atom is -0.465 e. The summed E-state index contributed by atoms with van der Waals surface area (Å²) in [6.45, 7) is 0. The van der Waals surface area contributed by atoms with Gasteiger partial charge in [0, 0.05) is 18.7 Å². The number of hydrogen-bond acceptors (Lipinski definition) is 4. The molecule has 0 aliphatic heterocycles. The molecular formula is C12H13N3O2. The van der Waals surface area contributed by atoms with E-state index < -0.39 is 0 Å². The smallest absolute Gasteiger partial charge is 0.337 e. The molecule has 88 valence electrons. The molecule has 0 fully saturated rings.